The lowest BCUT2D eigenvalue weighted by molar-refractivity contribution is -0.136. The summed E-state index contributed by atoms with van der Waals surface area (Å²) in [5.74, 6) is -0.912. The number of hydrogen-bond acceptors (Lipinski definition) is 4. The highest BCUT2D eigenvalue weighted by Crippen LogP contribution is 2.43. The Morgan fingerprint density at radius 2 is 2.10 bits per heavy atom. The highest BCUT2D eigenvalue weighted by molar-refractivity contribution is 6.02. The first kappa shape index (κ1) is 13.1. The first-order valence-electron chi connectivity index (χ1n) is 6.43. The molecule has 106 valence electrons. The van der Waals surface area contributed by atoms with Gasteiger partial charge in [-0.2, -0.15) is 0 Å². The largest absolute Gasteiger partial charge is 0.497 e. The number of ether oxygens (including phenoxy) is 1. The van der Waals surface area contributed by atoms with E-state index < -0.39 is 17.8 Å². The van der Waals surface area contributed by atoms with Gasteiger partial charge in [-0.25, -0.2) is 4.39 Å². The number of rotatable bonds is 2. The minimum absolute atomic E-state index is 0.306. The third-order valence-corrected chi connectivity index (χ3v) is 4.20. The maximum atomic E-state index is 14.1. The zero-order chi connectivity index (χ0) is 14.4. The Morgan fingerprint density at radius 3 is 2.80 bits per heavy atom. The van der Waals surface area contributed by atoms with Crippen molar-refractivity contribution in [2.75, 3.05) is 14.2 Å². The lowest BCUT2D eigenvalue weighted by Crippen LogP contribution is -2.46. The summed E-state index contributed by atoms with van der Waals surface area (Å²) in [5.41, 5.74) is 0.393. The average Bonchev–Trinajstić information content (AvgIpc) is 2.73. The molecule has 1 N–H and O–H groups in total. The number of carbonyl (C=O) groups is 2. The minimum atomic E-state index is -0.443. The third-order valence-electron chi connectivity index (χ3n) is 4.20. The van der Waals surface area contributed by atoms with Crippen LogP contribution in [0.15, 0.2) is 18.2 Å². The Bertz CT molecular complexity index is 590. The van der Waals surface area contributed by atoms with E-state index in [-0.39, 0.29) is 17.9 Å². The van der Waals surface area contributed by atoms with Crippen molar-refractivity contribution < 1.29 is 18.7 Å². The molecule has 0 unspecified atom stereocenters. The van der Waals surface area contributed by atoms with Crippen LogP contribution in [0.4, 0.5) is 4.39 Å². The molecular weight excluding hydrogens is 263 g/mol. The molecule has 2 aliphatic heterocycles. The van der Waals surface area contributed by atoms with Crippen molar-refractivity contribution >= 4 is 11.8 Å². The van der Waals surface area contributed by atoms with Crippen LogP contribution < -0.4 is 10.1 Å². The van der Waals surface area contributed by atoms with Crippen molar-refractivity contribution in [1.29, 1.82) is 0 Å². The second-order valence-corrected chi connectivity index (χ2v) is 5.21. The van der Waals surface area contributed by atoms with Gasteiger partial charge in [-0.3, -0.25) is 19.8 Å². The number of carbonyl (C=O) groups excluding carboxylic acids is 2. The van der Waals surface area contributed by atoms with Crippen LogP contribution in [0.5, 0.6) is 5.75 Å². The van der Waals surface area contributed by atoms with Crippen LogP contribution in [0, 0.1) is 11.7 Å². The Morgan fingerprint density at radius 1 is 1.35 bits per heavy atom. The van der Waals surface area contributed by atoms with E-state index in [0.29, 0.717) is 17.7 Å². The highest BCUT2D eigenvalue weighted by Gasteiger charge is 2.51. The van der Waals surface area contributed by atoms with Crippen LogP contribution in [-0.2, 0) is 9.59 Å². The topological polar surface area (TPSA) is 58.6 Å². The van der Waals surface area contributed by atoms with Crippen molar-refractivity contribution in [2.45, 2.75) is 18.5 Å². The molecule has 2 heterocycles. The van der Waals surface area contributed by atoms with Crippen molar-refractivity contribution in [1.82, 2.24) is 10.2 Å². The number of benzene rings is 1. The Labute approximate surface area is 115 Å². The number of nitrogens with one attached hydrogen (secondary N) is 1. The number of imide groups is 1. The number of halogens is 1. The lowest BCUT2D eigenvalue weighted by Gasteiger charge is -2.24. The Kier molecular flexibility index (Phi) is 2.97. The van der Waals surface area contributed by atoms with Crippen LogP contribution in [-0.4, -0.2) is 36.9 Å². The summed E-state index contributed by atoms with van der Waals surface area (Å²) >= 11 is 0. The molecule has 5 nitrogen and oxygen atoms in total. The molecule has 0 saturated carbocycles. The van der Waals surface area contributed by atoms with Gasteiger partial charge in [0, 0.05) is 11.6 Å². The summed E-state index contributed by atoms with van der Waals surface area (Å²) in [6.07, 6.45) is 0.433. The molecule has 3 atom stereocenters. The average molecular weight is 278 g/mol. The number of fused-ring (bicyclic) bond motifs is 2. The predicted octanol–water partition coefficient (Wildman–Crippen LogP) is 0.852. The summed E-state index contributed by atoms with van der Waals surface area (Å²) < 4.78 is 19.2. The summed E-state index contributed by atoms with van der Waals surface area (Å²) in [6, 6.07) is 3.62. The smallest absolute Gasteiger partial charge is 0.243 e. The maximum Gasteiger partial charge on any atom is 0.243 e. The number of piperidine rings is 1. The fourth-order valence-electron chi connectivity index (χ4n) is 3.16. The number of amides is 2. The molecule has 0 aromatic heterocycles. The number of hydrogen-bond donors (Lipinski definition) is 1. The molecule has 2 saturated heterocycles. The normalized spacial score (nSPS) is 29.4. The van der Waals surface area contributed by atoms with E-state index >= 15 is 0 Å². The summed E-state index contributed by atoms with van der Waals surface area (Å²) in [5, 5.41) is 2.35. The molecule has 1 aromatic carbocycles. The van der Waals surface area contributed by atoms with Gasteiger partial charge in [-0.05, 0) is 31.7 Å². The Balaban J connectivity index is 2.05. The van der Waals surface area contributed by atoms with Crippen LogP contribution >= 0.6 is 0 Å². The predicted molar refractivity (Wildman–Crippen MR) is 68.5 cm³/mol. The van der Waals surface area contributed by atoms with Crippen LogP contribution in [0.2, 0.25) is 0 Å². The van der Waals surface area contributed by atoms with Gasteiger partial charge < -0.3 is 4.74 Å². The van der Waals surface area contributed by atoms with Gasteiger partial charge in [0.05, 0.1) is 19.1 Å². The quantitative estimate of drug-likeness (QED) is 0.815. The van der Waals surface area contributed by atoms with Crippen LogP contribution in [0.1, 0.15) is 18.0 Å². The van der Waals surface area contributed by atoms with E-state index in [1.807, 2.05) is 0 Å². The fraction of sp³-hybridized carbons (Fsp3) is 0.429. The number of likely N-dealkylation sites (N-methyl/N-ethyl adjacent to an activating group) is 1. The molecule has 1 aromatic rings. The van der Waals surface area contributed by atoms with Crippen LogP contribution in [0.3, 0.4) is 0 Å². The standard InChI is InChI=1S/C14H15FN2O3/c1-17-11-6-9(13(18)16-14(11)19)12(17)8-5-7(20-2)3-4-10(8)15/h3-5,9,11-12H,6H2,1-2H3,(H,16,18,19)/t9-,11-,12-/m0/s1. The van der Waals surface area contributed by atoms with E-state index in [2.05, 4.69) is 5.32 Å². The van der Waals surface area contributed by atoms with E-state index in [0.717, 1.165) is 0 Å². The maximum absolute atomic E-state index is 14.1. The Hall–Kier alpha value is -1.95. The second-order valence-electron chi connectivity index (χ2n) is 5.21. The molecular formula is C14H15FN2O3. The molecule has 2 fully saturated rings. The van der Waals surface area contributed by atoms with Crippen molar-refractivity contribution in [3.63, 3.8) is 0 Å². The SMILES string of the molecule is COc1ccc(F)c([C@H]2[C@@H]3C[C@@H](C(=O)NC3=O)N2C)c1. The molecule has 0 radical (unpaired) electrons. The fourth-order valence-corrected chi connectivity index (χ4v) is 3.16. The molecule has 0 spiro atoms. The summed E-state index contributed by atoms with van der Waals surface area (Å²) in [6.45, 7) is 0. The first-order valence-corrected chi connectivity index (χ1v) is 6.43. The van der Waals surface area contributed by atoms with E-state index in [1.165, 1.54) is 19.2 Å². The summed E-state index contributed by atoms with van der Waals surface area (Å²) in [7, 11) is 3.25. The van der Waals surface area contributed by atoms with Crippen molar-refractivity contribution in [2.24, 2.45) is 5.92 Å². The highest BCUT2D eigenvalue weighted by atomic mass is 19.1. The van der Waals surface area contributed by atoms with E-state index in [9.17, 15) is 14.0 Å². The zero-order valence-corrected chi connectivity index (χ0v) is 11.2. The molecule has 2 amide bonds. The zero-order valence-electron chi connectivity index (χ0n) is 11.2. The van der Waals surface area contributed by atoms with Gasteiger partial charge in [0.25, 0.3) is 0 Å². The molecule has 2 bridgehead atoms. The van der Waals surface area contributed by atoms with Gasteiger partial charge in [-0.15, -0.1) is 0 Å². The van der Waals surface area contributed by atoms with Gasteiger partial charge in [0.15, 0.2) is 0 Å². The van der Waals surface area contributed by atoms with Crippen molar-refractivity contribution in [3.8, 4) is 5.75 Å². The van der Waals surface area contributed by atoms with Gasteiger partial charge in [0.1, 0.15) is 11.6 Å². The van der Waals surface area contributed by atoms with Crippen LogP contribution in [0.25, 0.3) is 0 Å². The lowest BCUT2D eigenvalue weighted by atomic mass is 9.90. The number of likely N-dealkylation sites (tertiary alicyclic amines) is 1. The van der Waals surface area contributed by atoms with Gasteiger partial charge in [0.2, 0.25) is 11.8 Å². The molecule has 0 aliphatic carbocycles. The molecule has 6 heteroatoms. The van der Waals surface area contributed by atoms with Gasteiger partial charge in [-0.1, -0.05) is 0 Å². The van der Waals surface area contributed by atoms with Gasteiger partial charge >= 0.3 is 0 Å². The first-order chi connectivity index (χ1) is 9.52. The monoisotopic (exact) mass is 278 g/mol. The minimum Gasteiger partial charge on any atom is -0.497 e. The third kappa shape index (κ3) is 1.79. The summed E-state index contributed by atoms with van der Waals surface area (Å²) in [4.78, 5) is 25.5. The molecule has 3 rings (SSSR count). The molecule has 2 aliphatic rings. The van der Waals surface area contributed by atoms with E-state index in [4.69, 9.17) is 4.74 Å². The number of methoxy groups -OCH3 is 1. The molecule has 20 heavy (non-hydrogen) atoms. The van der Waals surface area contributed by atoms with Crippen molar-refractivity contribution in [3.05, 3.63) is 29.6 Å². The second kappa shape index (κ2) is 4.56. The van der Waals surface area contributed by atoms with E-state index in [1.54, 1.807) is 18.0 Å². The number of nitrogens with zero attached hydrogens (tertiary/aromatic N) is 1.